The molecule has 122 valence electrons. The van der Waals surface area contributed by atoms with E-state index >= 15 is 0 Å². The molecule has 0 fully saturated rings. The van der Waals surface area contributed by atoms with Crippen LogP contribution < -0.4 is 21.9 Å². The highest BCUT2D eigenvalue weighted by Gasteiger charge is 2.11. The number of unbranched alkanes of at least 4 members (excludes halogenated alkanes) is 1. The lowest BCUT2D eigenvalue weighted by molar-refractivity contribution is 0.0962. The molecule has 1 heterocycles. The van der Waals surface area contributed by atoms with Gasteiger partial charge in [0.2, 0.25) is 0 Å². The highest BCUT2D eigenvalue weighted by molar-refractivity contribution is 6.33. The topological polar surface area (TPSA) is 105 Å². The van der Waals surface area contributed by atoms with Crippen LogP contribution in [0.3, 0.4) is 0 Å². The summed E-state index contributed by atoms with van der Waals surface area (Å²) in [5.41, 5.74) is 11.9. The van der Waals surface area contributed by atoms with Gasteiger partial charge in [0.05, 0.1) is 10.6 Å². The van der Waals surface area contributed by atoms with Gasteiger partial charge in [-0.05, 0) is 18.6 Å². The second-order valence-electron chi connectivity index (χ2n) is 4.82. The van der Waals surface area contributed by atoms with E-state index in [4.69, 9.17) is 17.3 Å². The molecule has 0 saturated heterocycles. The number of aromatic nitrogens is 2. The van der Waals surface area contributed by atoms with Crippen molar-refractivity contribution in [3.8, 4) is 0 Å². The molecule has 0 bridgehead atoms. The number of anilines is 3. The summed E-state index contributed by atoms with van der Waals surface area (Å²) in [6.45, 7) is 2.87. The summed E-state index contributed by atoms with van der Waals surface area (Å²) in [6.07, 6.45) is 3.45. The van der Waals surface area contributed by atoms with E-state index in [1.54, 1.807) is 24.3 Å². The average Bonchev–Trinajstić information content (AvgIpc) is 2.55. The van der Waals surface area contributed by atoms with Crippen molar-refractivity contribution in [1.82, 2.24) is 15.4 Å². The molecular formula is C15H19ClN6O. The number of halogens is 1. The van der Waals surface area contributed by atoms with Crippen molar-refractivity contribution in [3.63, 3.8) is 0 Å². The number of nitrogens with zero attached hydrogens (tertiary/aromatic N) is 2. The minimum Gasteiger partial charge on any atom is -0.393 e. The molecule has 7 nitrogen and oxygen atoms in total. The third kappa shape index (κ3) is 4.46. The fourth-order valence-corrected chi connectivity index (χ4v) is 2.07. The zero-order valence-corrected chi connectivity index (χ0v) is 13.5. The number of nitrogen functional groups attached to an aromatic ring is 1. The lowest BCUT2D eigenvalue weighted by atomic mass is 10.2. The molecule has 0 aliphatic heterocycles. The molecule has 1 aromatic carbocycles. The minimum absolute atomic E-state index is 0.319. The Kier molecular flexibility index (Phi) is 5.99. The van der Waals surface area contributed by atoms with Crippen molar-refractivity contribution in [2.24, 2.45) is 0 Å². The molecule has 2 aromatic rings. The molecule has 0 unspecified atom stereocenters. The van der Waals surface area contributed by atoms with Crippen LogP contribution in [0.25, 0.3) is 0 Å². The number of nitrogens with one attached hydrogen (secondary N) is 3. The number of amides is 1. The molecule has 1 amide bonds. The molecule has 0 aliphatic rings. The zero-order chi connectivity index (χ0) is 16.7. The maximum absolute atomic E-state index is 12.1. The third-order valence-corrected chi connectivity index (χ3v) is 3.45. The maximum atomic E-state index is 12.1. The largest absolute Gasteiger partial charge is 0.393 e. The van der Waals surface area contributed by atoms with E-state index in [0.717, 1.165) is 19.4 Å². The molecule has 2 rings (SSSR count). The van der Waals surface area contributed by atoms with E-state index in [-0.39, 0.29) is 5.91 Å². The number of hydrazine groups is 1. The van der Waals surface area contributed by atoms with Gasteiger partial charge in [0, 0.05) is 6.54 Å². The Bertz CT molecular complexity index is 679. The van der Waals surface area contributed by atoms with Crippen molar-refractivity contribution in [1.29, 1.82) is 0 Å². The first-order valence-corrected chi connectivity index (χ1v) is 7.66. The Balaban J connectivity index is 2.02. The summed E-state index contributed by atoms with van der Waals surface area (Å²) in [7, 11) is 0. The Labute approximate surface area is 139 Å². The summed E-state index contributed by atoms with van der Waals surface area (Å²) in [5.74, 6) is 0.469. The van der Waals surface area contributed by atoms with Gasteiger partial charge in [-0.15, -0.1) is 0 Å². The second-order valence-corrected chi connectivity index (χ2v) is 5.23. The first-order chi connectivity index (χ1) is 11.1. The maximum Gasteiger partial charge on any atom is 0.271 e. The van der Waals surface area contributed by atoms with Crippen LogP contribution in [0.4, 0.5) is 17.3 Å². The minimum atomic E-state index is -0.380. The van der Waals surface area contributed by atoms with E-state index in [9.17, 15) is 4.79 Å². The van der Waals surface area contributed by atoms with Crippen molar-refractivity contribution in [2.75, 3.05) is 23.0 Å². The highest BCUT2D eigenvalue weighted by Crippen LogP contribution is 2.22. The summed E-state index contributed by atoms with van der Waals surface area (Å²) in [4.78, 5) is 20.2. The van der Waals surface area contributed by atoms with Gasteiger partial charge < -0.3 is 11.1 Å². The number of rotatable bonds is 7. The number of hydrogen-bond donors (Lipinski definition) is 4. The molecule has 0 aliphatic carbocycles. The Morgan fingerprint density at radius 2 is 2.00 bits per heavy atom. The van der Waals surface area contributed by atoms with E-state index in [1.807, 2.05) is 0 Å². The van der Waals surface area contributed by atoms with Gasteiger partial charge in [0.1, 0.15) is 12.0 Å². The third-order valence-electron chi connectivity index (χ3n) is 3.12. The first-order valence-electron chi connectivity index (χ1n) is 7.28. The molecule has 5 N–H and O–H groups in total. The SMILES string of the molecule is CCCCNc1ncnc(NNC(=O)c2ccccc2Cl)c1N. The van der Waals surface area contributed by atoms with Gasteiger partial charge >= 0.3 is 0 Å². The van der Waals surface area contributed by atoms with Gasteiger partial charge in [0.25, 0.3) is 5.91 Å². The lowest BCUT2D eigenvalue weighted by Crippen LogP contribution is -2.30. The molecule has 1 aromatic heterocycles. The lowest BCUT2D eigenvalue weighted by Gasteiger charge is -2.13. The monoisotopic (exact) mass is 334 g/mol. The van der Waals surface area contributed by atoms with Crippen molar-refractivity contribution in [3.05, 3.63) is 41.2 Å². The van der Waals surface area contributed by atoms with Crippen molar-refractivity contribution in [2.45, 2.75) is 19.8 Å². The van der Waals surface area contributed by atoms with Gasteiger partial charge in [-0.2, -0.15) is 0 Å². The quantitative estimate of drug-likeness (QED) is 0.458. The molecule has 8 heteroatoms. The van der Waals surface area contributed by atoms with E-state index in [0.29, 0.717) is 27.9 Å². The molecule has 23 heavy (non-hydrogen) atoms. The van der Waals surface area contributed by atoms with E-state index < -0.39 is 0 Å². The fourth-order valence-electron chi connectivity index (χ4n) is 1.85. The highest BCUT2D eigenvalue weighted by atomic mass is 35.5. The number of hydrogen-bond acceptors (Lipinski definition) is 6. The van der Waals surface area contributed by atoms with Gasteiger partial charge in [-0.25, -0.2) is 9.97 Å². The van der Waals surface area contributed by atoms with Gasteiger partial charge in [-0.3, -0.25) is 15.6 Å². The predicted octanol–water partition coefficient (Wildman–Crippen LogP) is 2.68. The van der Waals surface area contributed by atoms with Crippen molar-refractivity contribution >= 4 is 34.8 Å². The predicted molar refractivity (Wildman–Crippen MR) is 92.4 cm³/mol. The normalized spacial score (nSPS) is 10.2. The second kappa shape index (κ2) is 8.19. The van der Waals surface area contributed by atoms with Crippen LogP contribution >= 0.6 is 11.6 Å². The summed E-state index contributed by atoms with van der Waals surface area (Å²) in [6, 6.07) is 6.75. The molecule has 0 atom stereocenters. The van der Waals surface area contributed by atoms with Crippen LogP contribution in [0.1, 0.15) is 30.1 Å². The standard InChI is InChI=1S/C15H19ClN6O/c1-2-3-8-18-13-12(17)14(20-9-19-13)21-22-15(23)10-6-4-5-7-11(10)16/h4-7,9H,2-3,8,17H2,1H3,(H,22,23)(H2,18,19,20,21). The van der Waals surface area contributed by atoms with Gasteiger partial charge in [-0.1, -0.05) is 37.1 Å². The summed E-state index contributed by atoms with van der Waals surface area (Å²) < 4.78 is 0. The van der Waals surface area contributed by atoms with Crippen molar-refractivity contribution < 1.29 is 4.79 Å². The Hall–Kier alpha value is -2.54. The number of carbonyl (C=O) groups is 1. The molecule has 0 radical (unpaired) electrons. The molecule has 0 spiro atoms. The Morgan fingerprint density at radius 3 is 2.74 bits per heavy atom. The van der Waals surface area contributed by atoms with Gasteiger partial charge in [0.15, 0.2) is 11.6 Å². The molecular weight excluding hydrogens is 316 g/mol. The van der Waals surface area contributed by atoms with Crippen LogP contribution in [0.5, 0.6) is 0 Å². The van der Waals surface area contributed by atoms with Crippen LogP contribution in [0, 0.1) is 0 Å². The van der Waals surface area contributed by atoms with Crippen LogP contribution in [-0.4, -0.2) is 22.4 Å². The van der Waals surface area contributed by atoms with Crippen LogP contribution in [-0.2, 0) is 0 Å². The van der Waals surface area contributed by atoms with E-state index in [2.05, 4.69) is 33.1 Å². The van der Waals surface area contributed by atoms with Crippen LogP contribution in [0.15, 0.2) is 30.6 Å². The summed E-state index contributed by atoms with van der Waals surface area (Å²) >= 11 is 5.98. The Morgan fingerprint density at radius 1 is 1.26 bits per heavy atom. The average molecular weight is 335 g/mol. The van der Waals surface area contributed by atoms with E-state index in [1.165, 1.54) is 6.33 Å². The first kappa shape index (κ1) is 16.8. The number of benzene rings is 1. The zero-order valence-electron chi connectivity index (χ0n) is 12.8. The molecule has 0 saturated carbocycles. The number of nitrogens with two attached hydrogens (primary N) is 1. The van der Waals surface area contributed by atoms with Crippen LogP contribution in [0.2, 0.25) is 5.02 Å². The smallest absolute Gasteiger partial charge is 0.271 e. The fraction of sp³-hybridized carbons (Fsp3) is 0.267. The number of carbonyl (C=O) groups excluding carboxylic acids is 1. The summed E-state index contributed by atoms with van der Waals surface area (Å²) in [5, 5.41) is 3.50.